The number of halogens is 4. The first-order valence-corrected chi connectivity index (χ1v) is 2.59. The van der Waals surface area contributed by atoms with Crippen molar-refractivity contribution in [3.8, 4) is 0 Å². The fourth-order valence-corrected chi connectivity index (χ4v) is 0.445. The molecule has 0 atom stereocenters. The molecule has 0 aliphatic carbocycles. The molecule has 0 unspecified atom stereocenters. The van der Waals surface area contributed by atoms with Gasteiger partial charge in [0.2, 0.25) is 0 Å². The van der Waals surface area contributed by atoms with E-state index >= 15 is 0 Å². The lowest BCUT2D eigenvalue weighted by Crippen LogP contribution is -2.43. The zero-order chi connectivity index (χ0) is 8.58. The Kier molecular flexibility index (Phi) is 2.30. The Morgan fingerprint density at radius 1 is 1.00 bits per heavy atom. The van der Waals surface area contributed by atoms with E-state index in [2.05, 4.69) is 0 Å². The smallest absolute Gasteiger partial charge is 0.276 e. The molecule has 62 valence electrons. The molecule has 1 N–H and O–H groups in total. The molecule has 5 heteroatoms. The van der Waals surface area contributed by atoms with Crippen molar-refractivity contribution in [1.82, 2.24) is 0 Å². The van der Waals surface area contributed by atoms with Gasteiger partial charge in [0.1, 0.15) is 0 Å². The highest BCUT2D eigenvalue weighted by Gasteiger charge is 2.47. The van der Waals surface area contributed by atoms with Crippen LogP contribution in [-0.2, 0) is 0 Å². The number of hydrogen-bond acceptors (Lipinski definition) is 1. The molecule has 10 heavy (non-hydrogen) atoms. The number of rotatable bonds is 2. The van der Waals surface area contributed by atoms with Crippen LogP contribution < -0.4 is 0 Å². The van der Waals surface area contributed by atoms with Crippen molar-refractivity contribution in [2.24, 2.45) is 0 Å². The zero-order valence-corrected chi connectivity index (χ0v) is 5.54. The third kappa shape index (κ3) is 2.51. The normalized spacial score (nSPS) is 14.4. The van der Waals surface area contributed by atoms with Crippen LogP contribution in [0, 0.1) is 0 Å². The van der Waals surface area contributed by atoms with E-state index in [0.29, 0.717) is 0 Å². The molecule has 0 saturated heterocycles. The van der Waals surface area contributed by atoms with Gasteiger partial charge in [-0.1, -0.05) is 0 Å². The summed E-state index contributed by atoms with van der Waals surface area (Å²) in [5.41, 5.74) is 0. The van der Waals surface area contributed by atoms with Gasteiger partial charge in [-0.3, -0.25) is 0 Å². The van der Waals surface area contributed by atoms with Crippen molar-refractivity contribution in [3.63, 3.8) is 0 Å². The summed E-state index contributed by atoms with van der Waals surface area (Å²) in [6.07, 6.45) is -2.90. The lowest BCUT2D eigenvalue weighted by Gasteiger charge is -2.23. The van der Waals surface area contributed by atoms with Gasteiger partial charge in [-0.25, -0.2) is 17.6 Å². The van der Waals surface area contributed by atoms with Crippen LogP contribution >= 0.6 is 0 Å². The van der Waals surface area contributed by atoms with Gasteiger partial charge in [0.05, 0.1) is 0 Å². The van der Waals surface area contributed by atoms with Crippen LogP contribution in [0.2, 0.25) is 0 Å². The van der Waals surface area contributed by atoms with Gasteiger partial charge < -0.3 is 5.11 Å². The Labute approximate surface area is 55.7 Å². The molecule has 0 heterocycles. The molecule has 0 fully saturated rings. The molecular formula is C5H8F4O. The molecular weight excluding hydrogens is 152 g/mol. The Balaban J connectivity index is 4.23. The maximum atomic E-state index is 11.9. The number of aliphatic hydroxyl groups excluding tert-OH is 1. The van der Waals surface area contributed by atoms with Crippen LogP contribution in [0.15, 0.2) is 0 Å². The van der Waals surface area contributed by atoms with Crippen LogP contribution in [0.3, 0.4) is 0 Å². The van der Waals surface area contributed by atoms with Gasteiger partial charge in [0, 0.05) is 13.8 Å². The van der Waals surface area contributed by atoms with Crippen LogP contribution in [0.1, 0.15) is 13.8 Å². The van der Waals surface area contributed by atoms with Crippen LogP contribution in [0.4, 0.5) is 17.6 Å². The maximum absolute atomic E-state index is 11.9. The molecule has 0 spiro atoms. The SMILES string of the molecule is CC(F)(F)C(O)C(C)(F)F. The standard InChI is InChI=1S/C5H8F4O/c1-4(6,7)3(10)5(2,8)9/h3,10H,1-2H3. The monoisotopic (exact) mass is 160 g/mol. The van der Waals surface area contributed by atoms with E-state index in [0.717, 1.165) is 0 Å². The van der Waals surface area contributed by atoms with Gasteiger partial charge >= 0.3 is 0 Å². The average Bonchev–Trinajstić information content (AvgIpc) is 1.59. The highest BCUT2D eigenvalue weighted by atomic mass is 19.3. The second-order valence-electron chi connectivity index (χ2n) is 2.32. The largest absolute Gasteiger partial charge is 0.381 e. The number of aliphatic hydroxyl groups is 1. The maximum Gasteiger partial charge on any atom is 0.276 e. The van der Waals surface area contributed by atoms with Crippen molar-refractivity contribution < 1.29 is 22.7 Å². The molecule has 0 saturated carbocycles. The van der Waals surface area contributed by atoms with Crippen molar-refractivity contribution in [3.05, 3.63) is 0 Å². The third-order valence-corrected chi connectivity index (χ3v) is 0.960. The Bertz CT molecular complexity index is 97.8. The summed E-state index contributed by atoms with van der Waals surface area (Å²) in [5, 5.41) is 8.22. The van der Waals surface area contributed by atoms with Crippen molar-refractivity contribution in [2.45, 2.75) is 31.8 Å². The molecule has 0 aromatic carbocycles. The van der Waals surface area contributed by atoms with Gasteiger partial charge in [0.25, 0.3) is 11.8 Å². The molecule has 0 aromatic heterocycles. The highest BCUT2D eigenvalue weighted by Crippen LogP contribution is 2.29. The summed E-state index contributed by atoms with van der Waals surface area (Å²) >= 11 is 0. The predicted octanol–water partition coefficient (Wildman–Crippen LogP) is 1.66. The fraction of sp³-hybridized carbons (Fsp3) is 1.00. The number of hydrogen-bond donors (Lipinski definition) is 1. The first-order valence-electron chi connectivity index (χ1n) is 2.59. The molecule has 0 amide bonds. The highest BCUT2D eigenvalue weighted by molar-refractivity contribution is 4.81. The molecule has 0 radical (unpaired) electrons. The van der Waals surface area contributed by atoms with E-state index in [1.54, 1.807) is 0 Å². The van der Waals surface area contributed by atoms with Crippen molar-refractivity contribution in [1.29, 1.82) is 0 Å². The summed E-state index contributed by atoms with van der Waals surface area (Å²) in [4.78, 5) is 0. The topological polar surface area (TPSA) is 20.2 Å². The van der Waals surface area contributed by atoms with Crippen LogP contribution in [0.25, 0.3) is 0 Å². The summed E-state index contributed by atoms with van der Waals surface area (Å²) < 4.78 is 47.5. The Hall–Kier alpha value is -0.320. The van der Waals surface area contributed by atoms with E-state index in [-0.39, 0.29) is 13.8 Å². The van der Waals surface area contributed by atoms with Crippen molar-refractivity contribution >= 4 is 0 Å². The van der Waals surface area contributed by atoms with Crippen molar-refractivity contribution in [2.75, 3.05) is 0 Å². The minimum Gasteiger partial charge on any atom is -0.381 e. The molecule has 1 nitrogen and oxygen atoms in total. The van der Waals surface area contributed by atoms with Crippen LogP contribution in [-0.4, -0.2) is 23.1 Å². The second-order valence-corrected chi connectivity index (χ2v) is 2.32. The molecule has 0 aliphatic heterocycles. The van der Waals surface area contributed by atoms with Crippen LogP contribution in [0.5, 0.6) is 0 Å². The van der Waals surface area contributed by atoms with Gasteiger partial charge in [-0.15, -0.1) is 0 Å². The van der Waals surface area contributed by atoms with E-state index in [9.17, 15) is 17.6 Å². The lowest BCUT2D eigenvalue weighted by atomic mass is 10.1. The minimum atomic E-state index is -3.75. The first kappa shape index (κ1) is 9.68. The number of alkyl halides is 4. The third-order valence-electron chi connectivity index (χ3n) is 0.960. The van der Waals surface area contributed by atoms with E-state index in [1.165, 1.54) is 0 Å². The van der Waals surface area contributed by atoms with Gasteiger partial charge in [-0.05, 0) is 0 Å². The summed E-state index contributed by atoms with van der Waals surface area (Å²) in [6, 6.07) is 0. The minimum absolute atomic E-state index is 0.245. The second kappa shape index (κ2) is 2.38. The van der Waals surface area contributed by atoms with Gasteiger partial charge in [0.15, 0.2) is 6.10 Å². The average molecular weight is 160 g/mol. The Morgan fingerprint density at radius 3 is 1.20 bits per heavy atom. The zero-order valence-electron chi connectivity index (χ0n) is 5.54. The summed E-state index contributed by atoms with van der Waals surface area (Å²) in [6.45, 7) is 0.490. The van der Waals surface area contributed by atoms with E-state index in [4.69, 9.17) is 5.11 Å². The molecule has 0 aromatic rings. The molecule has 0 aliphatic rings. The molecule has 0 rings (SSSR count). The van der Waals surface area contributed by atoms with E-state index < -0.39 is 17.9 Å². The molecule has 0 bridgehead atoms. The van der Waals surface area contributed by atoms with E-state index in [1.807, 2.05) is 0 Å². The first-order chi connectivity index (χ1) is 4.15. The Morgan fingerprint density at radius 2 is 1.20 bits per heavy atom. The fourth-order valence-electron chi connectivity index (χ4n) is 0.445. The predicted molar refractivity (Wildman–Crippen MR) is 27.2 cm³/mol. The lowest BCUT2D eigenvalue weighted by molar-refractivity contribution is -0.196. The van der Waals surface area contributed by atoms with Gasteiger partial charge in [-0.2, -0.15) is 0 Å². The quantitative estimate of drug-likeness (QED) is 0.609. The summed E-state index contributed by atoms with van der Waals surface area (Å²) in [5.74, 6) is -7.50. The summed E-state index contributed by atoms with van der Waals surface area (Å²) in [7, 11) is 0.